The molecule has 5 nitrogen and oxygen atoms in total. The molecule has 0 saturated heterocycles. The van der Waals surface area contributed by atoms with Gasteiger partial charge in [0.2, 0.25) is 5.91 Å². The van der Waals surface area contributed by atoms with Gasteiger partial charge in [-0.3, -0.25) is 9.59 Å². The molecule has 0 aliphatic rings. The number of benzene rings is 2. The van der Waals surface area contributed by atoms with E-state index in [4.69, 9.17) is 4.74 Å². The van der Waals surface area contributed by atoms with Gasteiger partial charge in [-0.2, -0.15) is 0 Å². The topological polar surface area (TPSA) is 67.4 Å². The summed E-state index contributed by atoms with van der Waals surface area (Å²) >= 11 is 0. The van der Waals surface area contributed by atoms with E-state index in [0.29, 0.717) is 23.6 Å². The lowest BCUT2D eigenvalue weighted by molar-refractivity contribution is -0.118. The van der Waals surface area contributed by atoms with Gasteiger partial charge in [-0.1, -0.05) is 43.7 Å². The Morgan fingerprint density at radius 2 is 1.69 bits per heavy atom. The van der Waals surface area contributed by atoms with Gasteiger partial charge in [-0.15, -0.1) is 0 Å². The lowest BCUT2D eigenvalue weighted by atomic mass is 10.0. The third-order valence-electron chi connectivity index (χ3n) is 3.99. The fraction of sp³-hybridized carbons (Fsp3) is 0.333. The van der Waals surface area contributed by atoms with Crippen LogP contribution in [-0.4, -0.2) is 24.5 Å². The molecule has 0 aliphatic heterocycles. The average Bonchev–Trinajstić information content (AvgIpc) is 2.61. The minimum Gasteiger partial charge on any atom is -0.492 e. The van der Waals surface area contributed by atoms with Crippen LogP contribution in [0.1, 0.15) is 36.7 Å². The van der Waals surface area contributed by atoms with Gasteiger partial charge >= 0.3 is 0 Å². The van der Waals surface area contributed by atoms with Gasteiger partial charge in [0.15, 0.2) is 0 Å². The minimum atomic E-state index is -0.654. The minimum absolute atomic E-state index is 0.0661. The summed E-state index contributed by atoms with van der Waals surface area (Å²) in [7, 11) is 0. The maximum Gasteiger partial charge on any atom is 0.251 e. The van der Waals surface area contributed by atoms with E-state index in [9.17, 15) is 9.59 Å². The second kappa shape index (κ2) is 9.04. The standard InChI is InChI=1S/C21H26N2O3/c1-5-26-18-9-7-6-8-17(18)22-21(25)19(14(2)3)23-20(24)16-12-10-15(4)11-13-16/h6-14,19H,5H2,1-4H3,(H,22,25)(H,23,24)/t19-/m1/s1. The number of nitrogens with one attached hydrogen (secondary N) is 2. The number of anilines is 1. The molecule has 2 amide bonds. The SMILES string of the molecule is CCOc1ccccc1NC(=O)[C@H](NC(=O)c1ccc(C)cc1)C(C)C. The van der Waals surface area contributed by atoms with Gasteiger partial charge in [-0.05, 0) is 44.0 Å². The maximum atomic E-state index is 12.8. The predicted molar refractivity (Wildman–Crippen MR) is 104 cm³/mol. The summed E-state index contributed by atoms with van der Waals surface area (Å²) in [4.78, 5) is 25.2. The largest absolute Gasteiger partial charge is 0.492 e. The Kier molecular flexibility index (Phi) is 6.78. The number of ether oxygens (including phenoxy) is 1. The number of hydrogen-bond donors (Lipinski definition) is 2. The molecular weight excluding hydrogens is 328 g/mol. The van der Waals surface area contributed by atoms with Gasteiger partial charge in [0.25, 0.3) is 5.91 Å². The maximum absolute atomic E-state index is 12.8. The second-order valence-corrected chi connectivity index (χ2v) is 6.48. The zero-order valence-corrected chi connectivity index (χ0v) is 15.7. The summed E-state index contributed by atoms with van der Waals surface area (Å²) in [5.74, 6) is 0.00364. The Balaban J connectivity index is 2.12. The van der Waals surface area contributed by atoms with Crippen molar-refractivity contribution in [3.63, 3.8) is 0 Å². The normalized spacial score (nSPS) is 11.7. The lowest BCUT2D eigenvalue weighted by Gasteiger charge is -2.22. The molecule has 1 atom stereocenters. The van der Waals surface area contributed by atoms with Crippen molar-refractivity contribution in [2.45, 2.75) is 33.7 Å². The summed E-state index contributed by atoms with van der Waals surface area (Å²) in [6.45, 7) is 8.14. The summed E-state index contributed by atoms with van der Waals surface area (Å²) in [5.41, 5.74) is 2.20. The van der Waals surface area contributed by atoms with Crippen molar-refractivity contribution in [3.05, 3.63) is 59.7 Å². The molecule has 2 rings (SSSR count). The molecule has 2 aromatic rings. The first kappa shape index (κ1) is 19.5. The number of carbonyl (C=O) groups excluding carboxylic acids is 2. The number of hydrogen-bond acceptors (Lipinski definition) is 3. The van der Waals surface area contributed by atoms with Gasteiger partial charge in [0.1, 0.15) is 11.8 Å². The lowest BCUT2D eigenvalue weighted by Crippen LogP contribution is -2.47. The van der Waals surface area contributed by atoms with E-state index in [-0.39, 0.29) is 17.7 Å². The fourth-order valence-corrected chi connectivity index (χ4v) is 2.53. The second-order valence-electron chi connectivity index (χ2n) is 6.48. The third kappa shape index (κ3) is 5.09. The highest BCUT2D eigenvalue weighted by Gasteiger charge is 2.25. The Morgan fingerprint density at radius 1 is 1.04 bits per heavy atom. The van der Waals surface area contributed by atoms with Crippen molar-refractivity contribution < 1.29 is 14.3 Å². The van der Waals surface area contributed by atoms with E-state index in [1.807, 2.05) is 52.0 Å². The molecule has 0 fully saturated rings. The summed E-state index contributed by atoms with van der Waals surface area (Å²) in [5, 5.41) is 5.70. The Bertz CT molecular complexity index is 754. The number of amides is 2. The number of rotatable bonds is 7. The predicted octanol–water partition coefficient (Wildman–Crippen LogP) is 3.79. The molecule has 0 aliphatic carbocycles. The molecular formula is C21H26N2O3. The van der Waals surface area contributed by atoms with Crippen molar-refractivity contribution in [3.8, 4) is 5.75 Å². The zero-order chi connectivity index (χ0) is 19.1. The first-order valence-corrected chi connectivity index (χ1v) is 8.82. The molecule has 5 heteroatoms. The summed E-state index contributed by atoms with van der Waals surface area (Å²) in [6, 6.07) is 13.9. The highest BCUT2D eigenvalue weighted by molar-refractivity contribution is 6.01. The summed E-state index contributed by atoms with van der Waals surface area (Å²) in [6.07, 6.45) is 0. The van der Waals surface area contributed by atoms with Crippen molar-refractivity contribution in [1.29, 1.82) is 0 Å². The van der Waals surface area contributed by atoms with Crippen LogP contribution in [0.3, 0.4) is 0 Å². The molecule has 0 heterocycles. The van der Waals surface area contributed by atoms with Crippen LogP contribution in [0.15, 0.2) is 48.5 Å². The van der Waals surface area contributed by atoms with E-state index < -0.39 is 6.04 Å². The number of aryl methyl sites for hydroxylation is 1. The smallest absolute Gasteiger partial charge is 0.251 e. The molecule has 26 heavy (non-hydrogen) atoms. The first-order chi connectivity index (χ1) is 12.4. The first-order valence-electron chi connectivity index (χ1n) is 8.82. The monoisotopic (exact) mass is 354 g/mol. The van der Waals surface area contributed by atoms with Crippen LogP contribution in [0.2, 0.25) is 0 Å². The van der Waals surface area contributed by atoms with Crippen molar-refractivity contribution >= 4 is 17.5 Å². The van der Waals surface area contributed by atoms with Crippen LogP contribution in [0, 0.1) is 12.8 Å². The van der Waals surface area contributed by atoms with E-state index in [2.05, 4.69) is 10.6 Å². The quantitative estimate of drug-likeness (QED) is 0.795. The summed E-state index contributed by atoms with van der Waals surface area (Å²) < 4.78 is 5.54. The van der Waals surface area contributed by atoms with Gasteiger partial charge < -0.3 is 15.4 Å². The highest BCUT2D eigenvalue weighted by atomic mass is 16.5. The van der Waals surface area contributed by atoms with Gasteiger partial charge in [0, 0.05) is 5.56 Å². The Hall–Kier alpha value is -2.82. The van der Waals surface area contributed by atoms with Gasteiger partial charge in [0.05, 0.1) is 12.3 Å². The van der Waals surface area contributed by atoms with Crippen LogP contribution >= 0.6 is 0 Å². The van der Waals surface area contributed by atoms with Crippen molar-refractivity contribution in [1.82, 2.24) is 5.32 Å². The van der Waals surface area contributed by atoms with E-state index >= 15 is 0 Å². The molecule has 0 radical (unpaired) electrons. The van der Waals surface area contributed by atoms with E-state index in [1.54, 1.807) is 24.3 Å². The molecule has 0 spiro atoms. The molecule has 0 bridgehead atoms. The number of carbonyl (C=O) groups is 2. The molecule has 138 valence electrons. The van der Waals surface area contributed by atoms with E-state index in [1.165, 1.54) is 0 Å². The van der Waals surface area contributed by atoms with Crippen LogP contribution in [0.5, 0.6) is 5.75 Å². The van der Waals surface area contributed by atoms with Crippen LogP contribution in [-0.2, 0) is 4.79 Å². The Morgan fingerprint density at radius 3 is 2.31 bits per heavy atom. The Labute approximate surface area is 154 Å². The average molecular weight is 354 g/mol. The molecule has 2 aromatic carbocycles. The third-order valence-corrected chi connectivity index (χ3v) is 3.99. The van der Waals surface area contributed by atoms with Crippen molar-refractivity contribution in [2.75, 3.05) is 11.9 Å². The number of para-hydroxylation sites is 2. The fourth-order valence-electron chi connectivity index (χ4n) is 2.53. The molecule has 2 N–H and O–H groups in total. The van der Waals surface area contributed by atoms with Crippen LogP contribution in [0.4, 0.5) is 5.69 Å². The van der Waals surface area contributed by atoms with Gasteiger partial charge in [-0.25, -0.2) is 0 Å². The molecule has 0 unspecified atom stereocenters. The molecule has 0 aromatic heterocycles. The highest BCUT2D eigenvalue weighted by Crippen LogP contribution is 2.24. The van der Waals surface area contributed by atoms with Crippen LogP contribution < -0.4 is 15.4 Å². The van der Waals surface area contributed by atoms with Crippen molar-refractivity contribution in [2.24, 2.45) is 5.92 Å². The zero-order valence-electron chi connectivity index (χ0n) is 15.7. The van der Waals surface area contributed by atoms with E-state index in [0.717, 1.165) is 5.56 Å². The van der Waals surface area contributed by atoms with Crippen LogP contribution in [0.25, 0.3) is 0 Å². The molecule has 0 saturated carbocycles.